The minimum atomic E-state index is -4.86. The minimum Gasteiger partial charge on any atom is -0.356 e. The number of carbonyl (C=O) groups is 2. The number of hydrogen-bond acceptors (Lipinski definition) is 2. The van der Waals surface area contributed by atoms with Crippen LogP contribution in [-0.2, 0) is 22.4 Å². The van der Waals surface area contributed by atoms with E-state index in [-0.39, 0.29) is 24.9 Å². The van der Waals surface area contributed by atoms with Gasteiger partial charge in [-0.2, -0.15) is 13.2 Å². The summed E-state index contributed by atoms with van der Waals surface area (Å²) in [6.07, 6.45) is 5.50. The maximum absolute atomic E-state index is 12.8. The summed E-state index contributed by atoms with van der Waals surface area (Å²) in [6.45, 7) is 8.67. The van der Waals surface area contributed by atoms with E-state index in [4.69, 9.17) is 11.6 Å². The molecule has 0 radical (unpaired) electrons. The van der Waals surface area contributed by atoms with Gasteiger partial charge in [-0.1, -0.05) is 70.4 Å². The summed E-state index contributed by atoms with van der Waals surface area (Å²) < 4.78 is 38.4. The molecule has 8 heteroatoms. The lowest BCUT2D eigenvalue weighted by Crippen LogP contribution is -2.42. The number of rotatable bonds is 6. The lowest BCUT2D eigenvalue weighted by Gasteiger charge is -2.21. The Morgan fingerprint density at radius 1 is 1.09 bits per heavy atom. The monoisotopic (exact) mass is 516 g/mol. The van der Waals surface area contributed by atoms with Crippen LogP contribution in [0.2, 0.25) is 5.02 Å². The molecule has 198 valence electrons. The van der Waals surface area contributed by atoms with Gasteiger partial charge in [0, 0.05) is 30.6 Å². The number of fused-ring (bicyclic) bond motifs is 1. The molecule has 0 atom stereocenters. The van der Waals surface area contributed by atoms with E-state index in [0.717, 1.165) is 60.1 Å². The maximum Gasteiger partial charge on any atom is 0.471 e. The third-order valence-corrected chi connectivity index (χ3v) is 6.40. The molecule has 2 aliphatic rings. The molecular weight excluding hydrogens is 477 g/mol. The van der Waals surface area contributed by atoms with Crippen molar-refractivity contribution in [1.29, 1.82) is 0 Å². The van der Waals surface area contributed by atoms with E-state index >= 15 is 0 Å². The highest BCUT2D eigenvalue weighted by atomic mass is 35.5. The second kappa shape index (κ2) is 15.9. The van der Waals surface area contributed by atoms with Gasteiger partial charge in [-0.15, -0.1) is 0 Å². The van der Waals surface area contributed by atoms with E-state index in [9.17, 15) is 22.8 Å². The Bertz CT molecular complexity index is 834. The zero-order chi connectivity index (χ0) is 26.4. The molecular formula is C27H40ClF3N2O2. The molecule has 1 aliphatic heterocycles. The summed E-state index contributed by atoms with van der Waals surface area (Å²) in [5, 5.41) is 3.53. The van der Waals surface area contributed by atoms with Gasteiger partial charge in [0.1, 0.15) is 0 Å². The van der Waals surface area contributed by atoms with Crippen molar-refractivity contribution in [3.63, 3.8) is 0 Å². The SMILES string of the molecule is CC.CC.O=C(NCCC/C=C\c1c(Cl)ccc2c1CCN(C(=O)C(F)(F)F)CC2)C1CCCC1. The topological polar surface area (TPSA) is 49.4 Å². The number of benzene rings is 1. The molecule has 1 fully saturated rings. The van der Waals surface area contributed by atoms with Crippen LogP contribution in [0.1, 0.15) is 82.9 Å². The number of carbonyl (C=O) groups excluding carboxylic acids is 2. The van der Waals surface area contributed by atoms with Gasteiger partial charge in [0.25, 0.3) is 0 Å². The van der Waals surface area contributed by atoms with Crippen molar-refractivity contribution in [3.05, 3.63) is 39.9 Å². The zero-order valence-electron chi connectivity index (χ0n) is 21.4. The van der Waals surface area contributed by atoms with Gasteiger partial charge >= 0.3 is 12.1 Å². The van der Waals surface area contributed by atoms with Gasteiger partial charge < -0.3 is 10.2 Å². The molecule has 1 aromatic rings. The van der Waals surface area contributed by atoms with Crippen LogP contribution in [0.15, 0.2) is 18.2 Å². The Labute approximate surface area is 213 Å². The van der Waals surface area contributed by atoms with E-state index < -0.39 is 12.1 Å². The summed E-state index contributed by atoms with van der Waals surface area (Å²) in [4.78, 5) is 24.5. The van der Waals surface area contributed by atoms with E-state index in [0.29, 0.717) is 24.4 Å². The first-order chi connectivity index (χ1) is 16.8. The van der Waals surface area contributed by atoms with Crippen molar-refractivity contribution in [2.24, 2.45) is 5.92 Å². The van der Waals surface area contributed by atoms with Gasteiger partial charge in [0.15, 0.2) is 0 Å². The van der Waals surface area contributed by atoms with Crippen LogP contribution in [0, 0.1) is 5.92 Å². The van der Waals surface area contributed by atoms with Crippen LogP contribution < -0.4 is 5.32 Å². The average Bonchev–Trinajstić information content (AvgIpc) is 3.31. The largest absolute Gasteiger partial charge is 0.471 e. The lowest BCUT2D eigenvalue weighted by molar-refractivity contribution is -0.185. The summed E-state index contributed by atoms with van der Waals surface area (Å²) >= 11 is 6.37. The van der Waals surface area contributed by atoms with Gasteiger partial charge in [0.05, 0.1) is 0 Å². The number of halogens is 4. The van der Waals surface area contributed by atoms with Crippen LogP contribution in [0.25, 0.3) is 6.08 Å². The Kier molecular flexibility index (Phi) is 14.1. The van der Waals surface area contributed by atoms with E-state index in [1.807, 2.05) is 45.9 Å². The minimum absolute atomic E-state index is 0.0136. The van der Waals surface area contributed by atoms with Crippen molar-refractivity contribution in [3.8, 4) is 0 Å². The number of amides is 2. The molecule has 0 spiro atoms. The van der Waals surface area contributed by atoms with E-state index in [2.05, 4.69) is 5.32 Å². The van der Waals surface area contributed by atoms with Crippen LogP contribution in [0.5, 0.6) is 0 Å². The van der Waals surface area contributed by atoms with Gasteiger partial charge in [-0.05, 0) is 61.3 Å². The van der Waals surface area contributed by atoms with Crippen molar-refractivity contribution in [2.45, 2.75) is 85.2 Å². The molecule has 1 saturated carbocycles. The smallest absolute Gasteiger partial charge is 0.356 e. The summed E-state index contributed by atoms with van der Waals surface area (Å²) in [6, 6.07) is 3.58. The highest BCUT2D eigenvalue weighted by Gasteiger charge is 2.42. The molecule has 0 aromatic heterocycles. The number of unbranched alkanes of at least 4 members (excludes halogenated alkanes) is 1. The van der Waals surface area contributed by atoms with E-state index in [1.54, 1.807) is 6.07 Å². The first-order valence-electron chi connectivity index (χ1n) is 12.9. The molecule has 1 aromatic carbocycles. The Balaban J connectivity index is 0.00000145. The predicted octanol–water partition coefficient (Wildman–Crippen LogP) is 6.98. The van der Waals surface area contributed by atoms with Crippen molar-refractivity contribution in [2.75, 3.05) is 19.6 Å². The van der Waals surface area contributed by atoms with Gasteiger partial charge in [-0.25, -0.2) is 0 Å². The van der Waals surface area contributed by atoms with Crippen molar-refractivity contribution < 1.29 is 22.8 Å². The molecule has 0 bridgehead atoms. The van der Waals surface area contributed by atoms with Gasteiger partial charge in [0.2, 0.25) is 5.91 Å². The van der Waals surface area contributed by atoms with Crippen LogP contribution in [0.4, 0.5) is 13.2 Å². The highest BCUT2D eigenvalue weighted by molar-refractivity contribution is 6.32. The summed E-state index contributed by atoms with van der Waals surface area (Å²) in [5.41, 5.74) is 2.62. The quantitative estimate of drug-likeness (QED) is 0.414. The Morgan fingerprint density at radius 3 is 2.34 bits per heavy atom. The second-order valence-corrected chi connectivity index (χ2v) is 8.61. The fraction of sp³-hybridized carbons (Fsp3) is 0.630. The number of nitrogens with zero attached hydrogens (tertiary/aromatic N) is 1. The molecule has 1 aliphatic carbocycles. The zero-order valence-corrected chi connectivity index (χ0v) is 22.2. The number of hydrogen-bond donors (Lipinski definition) is 1. The average molecular weight is 517 g/mol. The number of alkyl halides is 3. The molecule has 0 saturated heterocycles. The van der Waals surface area contributed by atoms with Crippen LogP contribution in [-0.4, -0.2) is 42.5 Å². The Morgan fingerprint density at radius 2 is 1.71 bits per heavy atom. The summed E-state index contributed by atoms with van der Waals surface area (Å²) in [7, 11) is 0. The third kappa shape index (κ3) is 9.51. The van der Waals surface area contributed by atoms with Crippen molar-refractivity contribution >= 4 is 29.5 Å². The highest BCUT2D eigenvalue weighted by Crippen LogP contribution is 2.29. The van der Waals surface area contributed by atoms with Crippen molar-refractivity contribution in [1.82, 2.24) is 10.2 Å². The molecule has 4 nitrogen and oxygen atoms in total. The number of allylic oxidation sites excluding steroid dienone is 1. The van der Waals surface area contributed by atoms with Crippen LogP contribution >= 0.6 is 11.6 Å². The van der Waals surface area contributed by atoms with E-state index in [1.165, 1.54) is 0 Å². The Hall–Kier alpha value is -2.02. The molecule has 3 rings (SSSR count). The first kappa shape index (κ1) is 31.0. The van der Waals surface area contributed by atoms with Gasteiger partial charge in [-0.3, -0.25) is 9.59 Å². The fourth-order valence-corrected chi connectivity index (χ4v) is 4.59. The third-order valence-electron chi connectivity index (χ3n) is 6.07. The normalized spacial score (nSPS) is 15.9. The predicted molar refractivity (Wildman–Crippen MR) is 137 cm³/mol. The molecule has 1 N–H and O–H groups in total. The number of nitrogens with one attached hydrogen (secondary N) is 1. The standard InChI is InChI=1S/C23H28ClF3N2O2.2C2H6/c24-20-10-9-16-11-14-29(22(31)23(25,26)27)15-12-18(16)19(20)8-2-1-5-13-28-21(30)17-6-3-4-7-17;2*1-2/h2,8-10,17H,1,3-7,11-15H2,(H,28,30);2*1-2H3/b8-2-;;. The lowest BCUT2D eigenvalue weighted by atomic mass is 9.96. The second-order valence-electron chi connectivity index (χ2n) is 8.21. The summed E-state index contributed by atoms with van der Waals surface area (Å²) in [5.74, 6) is -1.48. The maximum atomic E-state index is 12.8. The van der Waals surface area contributed by atoms with Crippen LogP contribution in [0.3, 0.4) is 0 Å². The first-order valence-corrected chi connectivity index (χ1v) is 13.3. The molecule has 0 unspecified atom stereocenters. The molecule has 1 heterocycles. The fourth-order valence-electron chi connectivity index (χ4n) is 4.35. The molecule has 2 amide bonds. The molecule has 35 heavy (non-hydrogen) atoms.